The number of H-pyrrole nitrogens is 1. The molecule has 4 heterocycles. The highest BCUT2D eigenvalue weighted by atomic mass is 35.5. The summed E-state index contributed by atoms with van der Waals surface area (Å²) in [5, 5.41) is 6.87. The minimum Gasteiger partial charge on any atom is -0.494 e. The largest absolute Gasteiger partial charge is 0.573 e. The molecule has 1 aliphatic rings. The molecule has 294 valence electrons. The molecular weight excluding hydrogens is 770 g/mol. The number of fused-ring (bicyclic) bond motifs is 4. The average Bonchev–Trinajstić information content (AvgIpc) is 3.78. The molecule has 0 saturated carbocycles. The summed E-state index contributed by atoms with van der Waals surface area (Å²) in [6.07, 6.45) is -4.06. The number of rotatable bonds is 10. The number of carbonyl (C=O) groups is 2. The lowest BCUT2D eigenvalue weighted by Gasteiger charge is -2.34. The van der Waals surface area contributed by atoms with Crippen molar-refractivity contribution in [2.45, 2.75) is 66.8 Å². The van der Waals surface area contributed by atoms with Gasteiger partial charge in [0.05, 0.1) is 40.7 Å². The van der Waals surface area contributed by atoms with Gasteiger partial charge in [-0.1, -0.05) is 29.3 Å². The first-order valence-corrected chi connectivity index (χ1v) is 18.9. The minimum atomic E-state index is -5.01. The predicted octanol–water partition coefficient (Wildman–Crippen LogP) is 10.4. The zero-order valence-corrected chi connectivity index (χ0v) is 33.4. The number of aryl methyl sites for hydroxylation is 5. The number of anilines is 1. The Bertz CT molecular complexity index is 2530. The number of ether oxygens (including phenoxy) is 3. The molecule has 0 radical (unpaired) electrons. The minimum absolute atomic E-state index is 0.0205. The topological polar surface area (TPSA) is 104 Å². The zero-order valence-electron chi connectivity index (χ0n) is 31.9. The van der Waals surface area contributed by atoms with Crippen LogP contribution in [0.4, 0.5) is 18.9 Å². The van der Waals surface area contributed by atoms with Crippen LogP contribution in [-0.2, 0) is 18.2 Å². The Labute approximate surface area is 331 Å². The molecule has 56 heavy (non-hydrogen) atoms. The van der Waals surface area contributed by atoms with Gasteiger partial charge in [-0.15, -0.1) is 13.2 Å². The number of halogens is 5. The second kappa shape index (κ2) is 14.7. The average molecular weight is 811 g/mol. The third kappa shape index (κ3) is 6.95. The Morgan fingerprint density at radius 3 is 2.38 bits per heavy atom. The van der Waals surface area contributed by atoms with Crippen LogP contribution in [0.3, 0.4) is 0 Å². The number of aromatic amines is 1. The summed E-state index contributed by atoms with van der Waals surface area (Å²) in [6, 6.07) is 10.8. The van der Waals surface area contributed by atoms with Crippen molar-refractivity contribution in [1.82, 2.24) is 19.3 Å². The van der Waals surface area contributed by atoms with E-state index in [0.29, 0.717) is 40.9 Å². The highest BCUT2D eigenvalue weighted by molar-refractivity contribution is 6.35. The van der Waals surface area contributed by atoms with Gasteiger partial charge in [0.15, 0.2) is 0 Å². The number of nitrogens with one attached hydrogen (secondary N) is 1. The summed E-state index contributed by atoms with van der Waals surface area (Å²) in [5.74, 6) is -0.995. The molecule has 1 atom stereocenters. The molecule has 15 heteroatoms. The van der Waals surface area contributed by atoms with E-state index in [1.54, 1.807) is 11.6 Å². The number of alkyl halides is 3. The molecule has 7 rings (SSSR count). The summed E-state index contributed by atoms with van der Waals surface area (Å²) in [7, 11) is 1.86. The van der Waals surface area contributed by atoms with E-state index < -0.39 is 30.0 Å². The van der Waals surface area contributed by atoms with E-state index in [9.17, 15) is 18.0 Å². The van der Waals surface area contributed by atoms with Crippen LogP contribution in [0.2, 0.25) is 10.0 Å². The summed E-state index contributed by atoms with van der Waals surface area (Å²) in [5.41, 5.74) is 7.32. The van der Waals surface area contributed by atoms with E-state index in [0.717, 1.165) is 50.1 Å². The van der Waals surface area contributed by atoms with Crippen molar-refractivity contribution in [3.05, 3.63) is 92.0 Å². The number of esters is 1. The fourth-order valence-corrected chi connectivity index (χ4v) is 8.22. The molecule has 0 bridgehead atoms. The van der Waals surface area contributed by atoms with Gasteiger partial charge < -0.3 is 28.7 Å². The maximum atomic E-state index is 15.1. The van der Waals surface area contributed by atoms with Crippen LogP contribution in [-0.4, -0.2) is 57.3 Å². The van der Waals surface area contributed by atoms with Crippen LogP contribution in [0, 0.1) is 27.7 Å². The molecule has 3 aromatic heterocycles. The molecule has 0 spiro atoms. The summed E-state index contributed by atoms with van der Waals surface area (Å²) in [6.45, 7) is 11.8. The molecule has 3 aromatic carbocycles. The van der Waals surface area contributed by atoms with E-state index in [1.165, 1.54) is 23.1 Å². The lowest BCUT2D eigenvalue weighted by atomic mass is 9.98. The van der Waals surface area contributed by atoms with Gasteiger partial charge in [0, 0.05) is 58.3 Å². The van der Waals surface area contributed by atoms with E-state index >= 15 is 4.79 Å². The molecule has 0 saturated heterocycles. The number of nitrogens with zero attached hydrogens (tertiary/aromatic N) is 4. The highest BCUT2D eigenvalue weighted by Crippen LogP contribution is 2.46. The second-order valence-electron chi connectivity index (χ2n) is 14.1. The van der Waals surface area contributed by atoms with Gasteiger partial charge in [0.2, 0.25) is 0 Å². The maximum Gasteiger partial charge on any atom is 0.573 e. The number of hydrogen-bond acceptors (Lipinski definition) is 6. The fourth-order valence-electron chi connectivity index (χ4n) is 7.86. The Morgan fingerprint density at radius 1 is 1.02 bits per heavy atom. The molecule has 1 amide bonds. The van der Waals surface area contributed by atoms with E-state index in [1.807, 2.05) is 70.5 Å². The molecule has 0 fully saturated rings. The third-order valence-corrected chi connectivity index (χ3v) is 11.2. The van der Waals surface area contributed by atoms with Crippen molar-refractivity contribution >= 4 is 62.6 Å². The van der Waals surface area contributed by atoms with Crippen molar-refractivity contribution in [2.75, 3.05) is 24.7 Å². The van der Waals surface area contributed by atoms with Gasteiger partial charge in [-0.05, 0) is 101 Å². The lowest BCUT2D eigenvalue weighted by molar-refractivity contribution is -0.274. The quantitative estimate of drug-likeness (QED) is 0.109. The Balaban J connectivity index is 1.39. The standard InChI is InChI=1S/C41H40Cl2F3N5O5/c1-8-54-40(53)31-17-25-16-27(56-41(44,45)46)18-32(36(25)47-31)50-19-22(4)51-37-29(11-12-30(42)34(37)33-23(5)48-49(7)24(33)6)28(38(51)39(50)52)10-9-13-55-26-14-20(2)35(43)21(3)15-26/h11-12,14-18,22,47H,8-10,13,19H2,1-7H3/t22-/m1/s1. The maximum absolute atomic E-state index is 15.1. The van der Waals surface area contributed by atoms with Gasteiger partial charge in [-0.3, -0.25) is 9.48 Å². The Morgan fingerprint density at radius 2 is 1.73 bits per heavy atom. The fraction of sp³-hybridized carbons (Fsp3) is 0.341. The van der Waals surface area contributed by atoms with Crippen molar-refractivity contribution in [3.8, 4) is 22.6 Å². The summed E-state index contributed by atoms with van der Waals surface area (Å²) >= 11 is 13.4. The van der Waals surface area contributed by atoms with E-state index in [2.05, 4.69) is 14.8 Å². The molecule has 1 aliphatic heterocycles. The highest BCUT2D eigenvalue weighted by Gasteiger charge is 2.38. The van der Waals surface area contributed by atoms with Crippen molar-refractivity contribution < 1.29 is 37.0 Å². The van der Waals surface area contributed by atoms with Gasteiger partial charge >= 0.3 is 12.3 Å². The molecule has 1 N–H and O–H groups in total. The second-order valence-corrected chi connectivity index (χ2v) is 14.9. The Kier molecular flexibility index (Phi) is 10.3. The van der Waals surface area contributed by atoms with Crippen LogP contribution in [0.5, 0.6) is 11.5 Å². The van der Waals surface area contributed by atoms with Crippen LogP contribution < -0.4 is 14.4 Å². The number of aromatic nitrogens is 4. The van der Waals surface area contributed by atoms with Crippen LogP contribution in [0.25, 0.3) is 32.9 Å². The number of carbonyl (C=O) groups excluding carboxylic acids is 2. The molecule has 6 aromatic rings. The first-order chi connectivity index (χ1) is 26.5. The lowest BCUT2D eigenvalue weighted by Crippen LogP contribution is -2.43. The molecular formula is C41H40Cl2F3N5O5. The summed E-state index contributed by atoms with van der Waals surface area (Å²) < 4.78 is 60.3. The molecule has 0 aliphatic carbocycles. The van der Waals surface area contributed by atoms with E-state index in [4.69, 9.17) is 32.7 Å². The van der Waals surface area contributed by atoms with Crippen LogP contribution in [0.15, 0.2) is 42.5 Å². The monoisotopic (exact) mass is 809 g/mol. The van der Waals surface area contributed by atoms with Crippen molar-refractivity contribution in [3.63, 3.8) is 0 Å². The first kappa shape index (κ1) is 39.1. The summed E-state index contributed by atoms with van der Waals surface area (Å²) in [4.78, 5) is 32.3. The normalized spacial score (nSPS) is 14.5. The van der Waals surface area contributed by atoms with Gasteiger partial charge in [0.1, 0.15) is 22.9 Å². The SMILES string of the molecule is CCOC(=O)c1cc2cc(OC(F)(F)F)cc(N3C[C@@H](C)n4c(c(CCCOc5cc(C)c(Cl)c(C)c5)c5ccc(Cl)c(-c6c(C)nn(C)c6C)c54)C3=O)c2[nH]1. The number of amides is 1. The molecule has 0 unspecified atom stereocenters. The van der Waals surface area contributed by atoms with E-state index in [-0.39, 0.29) is 35.4 Å². The zero-order chi connectivity index (χ0) is 40.4. The van der Waals surface area contributed by atoms with Crippen molar-refractivity contribution in [2.24, 2.45) is 7.05 Å². The number of hydrogen-bond donors (Lipinski definition) is 1. The van der Waals surface area contributed by atoms with Gasteiger partial charge in [0.25, 0.3) is 5.91 Å². The van der Waals surface area contributed by atoms with Crippen molar-refractivity contribution in [1.29, 1.82) is 0 Å². The first-order valence-electron chi connectivity index (χ1n) is 18.2. The third-order valence-electron chi connectivity index (χ3n) is 10.3. The van der Waals surface area contributed by atoms with Crippen LogP contribution >= 0.6 is 23.2 Å². The molecule has 10 nitrogen and oxygen atoms in total. The smallest absolute Gasteiger partial charge is 0.494 e. The van der Waals surface area contributed by atoms with Gasteiger partial charge in [-0.25, -0.2) is 4.79 Å². The Hall–Kier alpha value is -5.14. The predicted molar refractivity (Wildman–Crippen MR) is 211 cm³/mol. The number of benzene rings is 3. The van der Waals surface area contributed by atoms with Gasteiger partial charge in [-0.2, -0.15) is 5.10 Å². The van der Waals surface area contributed by atoms with Crippen LogP contribution in [0.1, 0.15) is 75.4 Å².